The van der Waals surface area contributed by atoms with E-state index in [2.05, 4.69) is 31.4 Å². The molecule has 1 aliphatic rings. The molecular weight excluding hydrogens is 256 g/mol. The average molecular weight is 284 g/mol. The van der Waals surface area contributed by atoms with Crippen LogP contribution in [0, 0.1) is 17.8 Å². The van der Waals surface area contributed by atoms with Crippen molar-refractivity contribution >= 4 is 12.0 Å². The zero-order chi connectivity index (χ0) is 15.1. The second-order valence-electron chi connectivity index (χ2n) is 6.46. The third kappa shape index (κ3) is 6.26. The van der Waals surface area contributed by atoms with Gasteiger partial charge in [0.25, 0.3) is 0 Å². The van der Waals surface area contributed by atoms with Crippen LogP contribution in [0.1, 0.15) is 52.9 Å². The molecule has 5 nitrogen and oxygen atoms in total. The van der Waals surface area contributed by atoms with Gasteiger partial charge in [-0.3, -0.25) is 4.79 Å². The lowest BCUT2D eigenvalue weighted by Gasteiger charge is -2.21. The van der Waals surface area contributed by atoms with Crippen LogP contribution in [0.15, 0.2) is 0 Å². The average Bonchev–Trinajstić information content (AvgIpc) is 2.70. The Morgan fingerprint density at radius 2 is 2.00 bits per heavy atom. The minimum absolute atomic E-state index is 0.000693. The zero-order valence-electron chi connectivity index (χ0n) is 12.8. The van der Waals surface area contributed by atoms with Gasteiger partial charge >= 0.3 is 12.0 Å². The predicted octanol–water partition coefficient (Wildman–Crippen LogP) is 2.61. The highest BCUT2D eigenvalue weighted by Crippen LogP contribution is 2.24. The van der Waals surface area contributed by atoms with Crippen LogP contribution in [0.3, 0.4) is 0 Å². The summed E-state index contributed by atoms with van der Waals surface area (Å²) in [6.45, 7) is 6.71. The lowest BCUT2D eigenvalue weighted by Crippen LogP contribution is -2.44. The first kappa shape index (κ1) is 16.8. The van der Waals surface area contributed by atoms with Gasteiger partial charge in [-0.2, -0.15) is 0 Å². The van der Waals surface area contributed by atoms with E-state index in [1.165, 1.54) is 12.8 Å². The lowest BCUT2D eigenvalue weighted by molar-refractivity contribution is -0.138. The lowest BCUT2D eigenvalue weighted by atomic mass is 9.94. The fourth-order valence-corrected chi connectivity index (χ4v) is 2.97. The Balaban J connectivity index is 2.33. The maximum Gasteiger partial charge on any atom is 0.315 e. The second kappa shape index (κ2) is 8.12. The Bertz CT molecular complexity index is 331. The van der Waals surface area contributed by atoms with Crippen LogP contribution in [-0.2, 0) is 4.79 Å². The van der Waals surface area contributed by atoms with Crippen molar-refractivity contribution < 1.29 is 14.7 Å². The first-order valence-corrected chi connectivity index (χ1v) is 7.64. The van der Waals surface area contributed by atoms with Gasteiger partial charge in [-0.25, -0.2) is 4.79 Å². The molecule has 2 amide bonds. The van der Waals surface area contributed by atoms with Crippen molar-refractivity contribution in [3.8, 4) is 0 Å². The van der Waals surface area contributed by atoms with Gasteiger partial charge in [0.1, 0.15) is 0 Å². The summed E-state index contributed by atoms with van der Waals surface area (Å²) in [4.78, 5) is 22.7. The number of hydrogen-bond acceptors (Lipinski definition) is 2. The molecule has 1 aliphatic carbocycles. The van der Waals surface area contributed by atoms with Crippen LogP contribution in [0.5, 0.6) is 0 Å². The van der Waals surface area contributed by atoms with Crippen molar-refractivity contribution in [2.75, 3.05) is 6.54 Å². The third-order valence-corrected chi connectivity index (χ3v) is 4.00. The molecule has 3 atom stereocenters. The molecule has 3 unspecified atom stereocenters. The molecule has 0 heterocycles. The smallest absolute Gasteiger partial charge is 0.315 e. The maximum absolute atomic E-state index is 11.9. The van der Waals surface area contributed by atoms with Gasteiger partial charge in [0, 0.05) is 19.0 Å². The van der Waals surface area contributed by atoms with Gasteiger partial charge in [-0.05, 0) is 37.0 Å². The summed E-state index contributed by atoms with van der Waals surface area (Å²) >= 11 is 0. The molecule has 0 aliphatic heterocycles. The van der Waals surface area contributed by atoms with E-state index >= 15 is 0 Å². The topological polar surface area (TPSA) is 78.4 Å². The summed E-state index contributed by atoms with van der Waals surface area (Å²) in [5.74, 6) is 0.159. The Morgan fingerprint density at radius 1 is 1.30 bits per heavy atom. The summed E-state index contributed by atoms with van der Waals surface area (Å²) < 4.78 is 0. The molecule has 3 N–H and O–H groups in total. The number of rotatable bonds is 7. The molecule has 0 aromatic carbocycles. The number of urea groups is 1. The number of hydrogen-bond donors (Lipinski definition) is 3. The first-order chi connectivity index (χ1) is 9.38. The minimum Gasteiger partial charge on any atom is -0.481 e. The van der Waals surface area contributed by atoms with Crippen molar-refractivity contribution in [2.45, 2.75) is 58.9 Å². The fourth-order valence-electron chi connectivity index (χ4n) is 2.97. The monoisotopic (exact) mass is 284 g/mol. The first-order valence-electron chi connectivity index (χ1n) is 7.64. The van der Waals surface area contributed by atoms with Crippen molar-refractivity contribution in [3.05, 3.63) is 0 Å². The van der Waals surface area contributed by atoms with E-state index in [9.17, 15) is 9.59 Å². The van der Waals surface area contributed by atoms with E-state index in [1.807, 2.05) is 0 Å². The zero-order valence-corrected chi connectivity index (χ0v) is 12.8. The van der Waals surface area contributed by atoms with Gasteiger partial charge in [0.15, 0.2) is 0 Å². The van der Waals surface area contributed by atoms with E-state index in [-0.39, 0.29) is 24.4 Å². The third-order valence-electron chi connectivity index (χ3n) is 4.00. The highest BCUT2D eigenvalue weighted by Gasteiger charge is 2.25. The summed E-state index contributed by atoms with van der Waals surface area (Å²) in [5.41, 5.74) is 0. The molecule has 1 rings (SSSR count). The SMILES string of the molecule is CC(C)CC(CNC(=O)NC1CCCC1C)CC(=O)O. The molecule has 0 bridgehead atoms. The van der Waals surface area contributed by atoms with Crippen LogP contribution >= 0.6 is 0 Å². The van der Waals surface area contributed by atoms with Gasteiger partial charge in [0.2, 0.25) is 0 Å². The predicted molar refractivity (Wildman–Crippen MR) is 78.5 cm³/mol. The molecule has 0 radical (unpaired) electrons. The number of carbonyl (C=O) groups is 2. The molecular formula is C15H28N2O3. The van der Waals surface area contributed by atoms with Gasteiger partial charge in [-0.15, -0.1) is 0 Å². The summed E-state index contributed by atoms with van der Waals surface area (Å²) in [6.07, 6.45) is 4.30. The molecule has 0 aromatic rings. The Hall–Kier alpha value is -1.26. The molecule has 20 heavy (non-hydrogen) atoms. The van der Waals surface area contributed by atoms with E-state index in [1.54, 1.807) is 0 Å². The van der Waals surface area contributed by atoms with Gasteiger partial charge in [-0.1, -0.05) is 27.2 Å². The summed E-state index contributed by atoms with van der Waals surface area (Å²) in [7, 11) is 0. The highest BCUT2D eigenvalue weighted by molar-refractivity contribution is 5.74. The van der Waals surface area contributed by atoms with Crippen LogP contribution in [0.2, 0.25) is 0 Å². The maximum atomic E-state index is 11.9. The standard InChI is InChI=1S/C15H28N2O3/c1-10(2)7-12(8-14(18)19)9-16-15(20)17-13-6-4-5-11(13)3/h10-13H,4-9H2,1-3H3,(H,18,19)(H2,16,17,20). The van der Waals surface area contributed by atoms with Crippen LogP contribution < -0.4 is 10.6 Å². The molecule has 0 saturated heterocycles. The number of aliphatic carboxylic acids is 1. The number of carboxylic acid groups (broad SMARTS) is 1. The highest BCUT2D eigenvalue weighted by atomic mass is 16.4. The number of nitrogens with one attached hydrogen (secondary N) is 2. The normalized spacial score (nSPS) is 23.6. The van der Waals surface area contributed by atoms with Crippen molar-refractivity contribution in [2.24, 2.45) is 17.8 Å². The van der Waals surface area contributed by atoms with Gasteiger partial charge in [0.05, 0.1) is 0 Å². The van der Waals surface area contributed by atoms with Crippen molar-refractivity contribution in [1.82, 2.24) is 10.6 Å². The molecule has 1 fully saturated rings. The van der Waals surface area contributed by atoms with Crippen molar-refractivity contribution in [3.63, 3.8) is 0 Å². The summed E-state index contributed by atoms with van der Waals surface area (Å²) in [6, 6.07) is 0.0981. The molecule has 0 aromatic heterocycles. The molecule has 5 heteroatoms. The van der Waals surface area contributed by atoms with Crippen molar-refractivity contribution in [1.29, 1.82) is 0 Å². The fraction of sp³-hybridized carbons (Fsp3) is 0.867. The minimum atomic E-state index is -0.803. The van der Waals surface area contributed by atoms with Crippen LogP contribution in [-0.4, -0.2) is 29.7 Å². The number of carbonyl (C=O) groups excluding carboxylic acids is 1. The molecule has 1 saturated carbocycles. The van der Waals surface area contributed by atoms with E-state index < -0.39 is 5.97 Å². The summed E-state index contributed by atoms with van der Waals surface area (Å²) in [5, 5.41) is 14.7. The van der Waals surface area contributed by atoms with Crippen LogP contribution in [0.25, 0.3) is 0 Å². The van der Waals surface area contributed by atoms with E-state index in [0.717, 1.165) is 12.8 Å². The quantitative estimate of drug-likeness (QED) is 0.672. The van der Waals surface area contributed by atoms with Gasteiger partial charge < -0.3 is 15.7 Å². The Labute approximate surface area is 121 Å². The molecule has 116 valence electrons. The van der Waals surface area contributed by atoms with E-state index in [0.29, 0.717) is 18.4 Å². The number of carboxylic acids is 1. The second-order valence-corrected chi connectivity index (χ2v) is 6.46. The Morgan fingerprint density at radius 3 is 2.50 bits per heavy atom. The number of amides is 2. The largest absolute Gasteiger partial charge is 0.481 e. The Kier molecular flexibility index (Phi) is 6.82. The van der Waals surface area contributed by atoms with E-state index in [4.69, 9.17) is 5.11 Å². The molecule has 0 spiro atoms. The van der Waals surface area contributed by atoms with Crippen LogP contribution in [0.4, 0.5) is 4.79 Å².